The number of aromatic amines is 1. The monoisotopic (exact) mass is 399 g/mol. The Balaban J connectivity index is 0.00000109. The van der Waals surface area contributed by atoms with Crippen LogP contribution in [0.3, 0.4) is 0 Å². The largest absolute Gasteiger partial charge is 0.493 e. The molecular weight excluding hydrogens is 370 g/mol. The minimum Gasteiger partial charge on any atom is -0.493 e. The first-order valence-electron chi connectivity index (χ1n) is 10.4. The first-order chi connectivity index (χ1) is 13.7. The van der Waals surface area contributed by atoms with Gasteiger partial charge in [-0.15, -0.1) is 0 Å². The van der Waals surface area contributed by atoms with Gasteiger partial charge in [0.2, 0.25) is 0 Å². The van der Waals surface area contributed by atoms with Gasteiger partial charge in [0.05, 0.1) is 17.1 Å². The van der Waals surface area contributed by atoms with Crippen LogP contribution < -0.4 is 4.74 Å². The van der Waals surface area contributed by atoms with E-state index in [1.54, 1.807) is 6.20 Å². The summed E-state index contributed by atoms with van der Waals surface area (Å²) < 4.78 is 5.94. The van der Waals surface area contributed by atoms with Gasteiger partial charge >= 0.3 is 0 Å². The van der Waals surface area contributed by atoms with Gasteiger partial charge in [-0.25, -0.2) is 9.97 Å². The minimum atomic E-state index is 0.402. The molecule has 1 aliphatic carbocycles. The molecule has 1 unspecified atom stereocenters. The van der Waals surface area contributed by atoms with E-state index in [9.17, 15) is 0 Å². The van der Waals surface area contributed by atoms with Crippen molar-refractivity contribution in [2.45, 2.75) is 52.4 Å². The molecule has 1 aromatic carbocycles. The highest BCUT2D eigenvalue weighted by atomic mass is 35.5. The van der Waals surface area contributed by atoms with Crippen LogP contribution in [0.2, 0.25) is 5.02 Å². The number of benzene rings is 1. The highest BCUT2D eigenvalue weighted by Gasteiger charge is 2.28. The summed E-state index contributed by atoms with van der Waals surface area (Å²) >= 11 is 6.02. The van der Waals surface area contributed by atoms with Gasteiger partial charge in [0.1, 0.15) is 11.6 Å². The maximum absolute atomic E-state index is 6.02. The second-order valence-electron chi connectivity index (χ2n) is 7.34. The van der Waals surface area contributed by atoms with Crippen LogP contribution in [0.4, 0.5) is 0 Å². The van der Waals surface area contributed by atoms with Crippen molar-refractivity contribution < 1.29 is 4.74 Å². The molecule has 4 rings (SSSR count). The van der Waals surface area contributed by atoms with Crippen molar-refractivity contribution in [1.82, 2.24) is 15.0 Å². The highest BCUT2D eigenvalue weighted by molar-refractivity contribution is 6.31. The zero-order valence-electron chi connectivity index (χ0n) is 17.0. The molecule has 3 aromatic rings. The molecule has 4 nitrogen and oxygen atoms in total. The number of rotatable bonds is 5. The molecule has 5 heteroatoms. The molecule has 1 atom stereocenters. The van der Waals surface area contributed by atoms with Gasteiger partial charge in [-0.1, -0.05) is 50.6 Å². The second-order valence-corrected chi connectivity index (χ2v) is 7.78. The van der Waals surface area contributed by atoms with Crippen molar-refractivity contribution in [3.63, 3.8) is 0 Å². The smallest absolute Gasteiger partial charge is 0.177 e. The molecule has 28 heavy (non-hydrogen) atoms. The Morgan fingerprint density at radius 3 is 2.57 bits per heavy atom. The SMILES string of the molecule is CC.CC(c1nc2ncc(Cl)cc2[nH]1)C1CCC(COc2ccccc2)CC1. The molecule has 0 saturated heterocycles. The molecule has 0 amide bonds. The predicted molar refractivity (Wildman–Crippen MR) is 116 cm³/mol. The fourth-order valence-electron chi connectivity index (χ4n) is 3.92. The summed E-state index contributed by atoms with van der Waals surface area (Å²) in [6, 6.07) is 12.0. The van der Waals surface area contributed by atoms with Gasteiger partial charge in [-0.2, -0.15) is 0 Å². The molecule has 1 fully saturated rings. The number of pyridine rings is 1. The lowest BCUT2D eigenvalue weighted by molar-refractivity contribution is 0.172. The van der Waals surface area contributed by atoms with E-state index < -0.39 is 0 Å². The Bertz CT molecular complexity index is 857. The average Bonchev–Trinajstić information content (AvgIpc) is 3.17. The van der Waals surface area contributed by atoms with E-state index in [-0.39, 0.29) is 0 Å². The number of hydrogen-bond acceptors (Lipinski definition) is 3. The number of H-pyrrole nitrogens is 1. The zero-order chi connectivity index (χ0) is 19.9. The van der Waals surface area contributed by atoms with Crippen LogP contribution in [0.1, 0.15) is 58.2 Å². The van der Waals surface area contributed by atoms with E-state index in [4.69, 9.17) is 16.3 Å². The first kappa shape index (κ1) is 20.7. The van der Waals surface area contributed by atoms with Crippen molar-refractivity contribution in [2.75, 3.05) is 6.61 Å². The van der Waals surface area contributed by atoms with Gasteiger partial charge < -0.3 is 9.72 Å². The summed E-state index contributed by atoms with van der Waals surface area (Å²) in [5.74, 6) is 3.70. The summed E-state index contributed by atoms with van der Waals surface area (Å²) in [5.41, 5.74) is 1.67. The standard InChI is InChI=1S/C21H24ClN3O.C2H6/c1-14(20-24-19-11-17(22)12-23-21(19)25-20)16-9-7-15(8-10-16)13-26-18-5-3-2-4-6-18;1-2/h2-6,11-12,14-16H,7-10,13H2,1H3,(H,23,24,25);1-2H3. The normalized spacial score (nSPS) is 20.3. The third-order valence-electron chi connectivity index (χ3n) is 5.58. The van der Waals surface area contributed by atoms with Crippen LogP contribution in [-0.2, 0) is 0 Å². The van der Waals surface area contributed by atoms with Gasteiger partial charge in [0.25, 0.3) is 0 Å². The van der Waals surface area contributed by atoms with E-state index in [2.05, 4.69) is 21.9 Å². The van der Waals surface area contributed by atoms with Gasteiger partial charge in [0.15, 0.2) is 5.65 Å². The second kappa shape index (κ2) is 9.92. The predicted octanol–water partition coefficient (Wildman–Crippen LogP) is 6.63. The molecule has 0 spiro atoms. The van der Waals surface area contributed by atoms with E-state index >= 15 is 0 Å². The number of nitrogens with zero attached hydrogens (tertiary/aromatic N) is 2. The van der Waals surface area contributed by atoms with Crippen LogP contribution in [0, 0.1) is 11.8 Å². The molecule has 2 heterocycles. The number of para-hydroxylation sites is 1. The van der Waals surface area contributed by atoms with Crippen molar-refractivity contribution in [1.29, 1.82) is 0 Å². The van der Waals surface area contributed by atoms with Crippen LogP contribution in [0.25, 0.3) is 11.2 Å². The summed E-state index contributed by atoms with van der Waals surface area (Å²) in [7, 11) is 0. The Morgan fingerprint density at radius 1 is 1.14 bits per heavy atom. The molecule has 2 aromatic heterocycles. The Kier molecular flexibility index (Phi) is 7.32. The topological polar surface area (TPSA) is 50.8 Å². The maximum Gasteiger partial charge on any atom is 0.177 e. The molecule has 150 valence electrons. The summed E-state index contributed by atoms with van der Waals surface area (Å²) in [6.07, 6.45) is 6.51. The fraction of sp³-hybridized carbons (Fsp3) is 0.478. The number of nitrogens with one attached hydrogen (secondary N) is 1. The zero-order valence-corrected chi connectivity index (χ0v) is 17.7. The molecule has 1 saturated carbocycles. The lowest BCUT2D eigenvalue weighted by Crippen LogP contribution is -2.23. The van der Waals surface area contributed by atoms with E-state index in [0.29, 0.717) is 22.8 Å². The lowest BCUT2D eigenvalue weighted by atomic mass is 9.76. The minimum absolute atomic E-state index is 0.402. The van der Waals surface area contributed by atoms with Crippen molar-refractivity contribution in [3.8, 4) is 5.75 Å². The Hall–Kier alpha value is -2.07. The number of hydrogen-bond donors (Lipinski definition) is 1. The molecule has 0 radical (unpaired) electrons. The molecule has 1 N–H and O–H groups in total. The van der Waals surface area contributed by atoms with E-state index in [0.717, 1.165) is 29.3 Å². The van der Waals surface area contributed by atoms with Gasteiger partial charge in [-0.05, 0) is 55.7 Å². The van der Waals surface area contributed by atoms with E-state index in [1.807, 2.05) is 50.2 Å². The van der Waals surface area contributed by atoms with Crippen LogP contribution in [-0.4, -0.2) is 21.6 Å². The Labute approximate surface area is 172 Å². The molecular formula is C23H30ClN3O. The van der Waals surface area contributed by atoms with Crippen molar-refractivity contribution >= 4 is 22.8 Å². The lowest BCUT2D eigenvalue weighted by Gasteiger charge is -2.31. The van der Waals surface area contributed by atoms with Crippen molar-refractivity contribution in [3.05, 3.63) is 53.4 Å². The maximum atomic E-state index is 6.02. The number of fused-ring (bicyclic) bond motifs is 1. The van der Waals surface area contributed by atoms with Gasteiger partial charge in [0, 0.05) is 12.1 Å². The van der Waals surface area contributed by atoms with Crippen LogP contribution in [0.15, 0.2) is 42.6 Å². The fourth-order valence-corrected chi connectivity index (χ4v) is 4.08. The first-order valence-corrected chi connectivity index (χ1v) is 10.8. The third-order valence-corrected chi connectivity index (χ3v) is 5.79. The average molecular weight is 400 g/mol. The van der Waals surface area contributed by atoms with Crippen molar-refractivity contribution in [2.24, 2.45) is 11.8 Å². The number of halogens is 1. The molecule has 0 aliphatic heterocycles. The summed E-state index contributed by atoms with van der Waals surface area (Å²) in [6.45, 7) is 7.09. The number of ether oxygens (including phenoxy) is 1. The summed E-state index contributed by atoms with van der Waals surface area (Å²) in [5, 5.41) is 0.638. The number of aromatic nitrogens is 3. The van der Waals surface area contributed by atoms with Gasteiger partial charge in [-0.3, -0.25) is 0 Å². The Morgan fingerprint density at radius 2 is 1.86 bits per heavy atom. The summed E-state index contributed by atoms with van der Waals surface area (Å²) in [4.78, 5) is 12.4. The highest BCUT2D eigenvalue weighted by Crippen LogP contribution is 2.37. The van der Waals surface area contributed by atoms with E-state index in [1.165, 1.54) is 25.7 Å². The molecule has 1 aliphatic rings. The molecule has 0 bridgehead atoms. The quantitative estimate of drug-likeness (QED) is 0.524. The van der Waals surface area contributed by atoms with Crippen LogP contribution >= 0.6 is 11.6 Å². The third kappa shape index (κ3) is 5.05. The number of imidazole rings is 1. The van der Waals surface area contributed by atoms with Crippen LogP contribution in [0.5, 0.6) is 5.75 Å².